The molecule has 2 unspecified atom stereocenters. The molecule has 2 atom stereocenters. The maximum atomic E-state index is 6.24. The van der Waals surface area contributed by atoms with Crippen LogP contribution in [0.25, 0.3) is 0 Å². The Hall–Kier alpha value is -0.470. The van der Waals surface area contributed by atoms with Crippen LogP contribution >= 0.6 is 11.8 Å². The summed E-state index contributed by atoms with van der Waals surface area (Å²) in [4.78, 5) is 1.43. The highest BCUT2D eigenvalue weighted by Crippen LogP contribution is 2.38. The normalized spacial score (nSPS) is 21.7. The van der Waals surface area contributed by atoms with Crippen molar-refractivity contribution in [3.05, 3.63) is 29.8 Å². The van der Waals surface area contributed by atoms with Crippen LogP contribution in [-0.2, 0) is 6.42 Å². The molecule has 0 aromatic heterocycles. The van der Waals surface area contributed by atoms with Gasteiger partial charge in [-0.15, -0.1) is 11.8 Å². The van der Waals surface area contributed by atoms with Crippen LogP contribution in [0.2, 0.25) is 0 Å². The zero-order chi connectivity index (χ0) is 10.8. The lowest BCUT2D eigenvalue weighted by Gasteiger charge is -2.19. The van der Waals surface area contributed by atoms with Gasteiger partial charge in [-0.1, -0.05) is 32.0 Å². The van der Waals surface area contributed by atoms with Crippen molar-refractivity contribution in [1.29, 1.82) is 0 Å². The van der Waals surface area contributed by atoms with Crippen molar-refractivity contribution in [3.8, 4) is 0 Å². The molecule has 1 nitrogen and oxygen atoms in total. The average molecular weight is 221 g/mol. The highest BCUT2D eigenvalue weighted by molar-refractivity contribution is 8.00. The van der Waals surface area contributed by atoms with Crippen LogP contribution in [0.1, 0.15) is 25.8 Å². The van der Waals surface area contributed by atoms with Crippen LogP contribution in [0.4, 0.5) is 0 Å². The largest absolute Gasteiger partial charge is 0.327 e. The second kappa shape index (κ2) is 4.58. The third-order valence-corrected chi connectivity index (χ3v) is 4.36. The zero-order valence-electron chi connectivity index (χ0n) is 9.44. The summed E-state index contributed by atoms with van der Waals surface area (Å²) in [7, 11) is 0. The summed E-state index contributed by atoms with van der Waals surface area (Å²) < 4.78 is 0. The minimum Gasteiger partial charge on any atom is -0.327 e. The molecule has 15 heavy (non-hydrogen) atoms. The van der Waals surface area contributed by atoms with Crippen molar-refractivity contribution in [2.45, 2.75) is 42.9 Å². The predicted molar refractivity (Wildman–Crippen MR) is 67.2 cm³/mol. The smallest absolute Gasteiger partial charge is 0.0287 e. The van der Waals surface area contributed by atoms with Gasteiger partial charge in [-0.05, 0) is 30.4 Å². The minimum absolute atomic E-state index is 0.336. The molecule has 0 radical (unpaired) electrons. The van der Waals surface area contributed by atoms with E-state index in [0.29, 0.717) is 17.2 Å². The SMILES string of the molecule is CC(C)CC(N)C1Cc2ccccc2S1. The molecule has 1 heterocycles. The van der Waals surface area contributed by atoms with Gasteiger partial charge in [-0.2, -0.15) is 0 Å². The van der Waals surface area contributed by atoms with Crippen molar-refractivity contribution in [3.63, 3.8) is 0 Å². The first-order valence-electron chi connectivity index (χ1n) is 5.67. The van der Waals surface area contributed by atoms with Gasteiger partial charge in [0.05, 0.1) is 0 Å². The molecular weight excluding hydrogens is 202 g/mol. The minimum atomic E-state index is 0.336. The maximum Gasteiger partial charge on any atom is 0.0287 e. The Bertz CT molecular complexity index is 310. The molecule has 0 amide bonds. The summed E-state index contributed by atoms with van der Waals surface area (Å²) in [5.74, 6) is 0.698. The number of benzene rings is 1. The van der Waals surface area contributed by atoms with Crippen molar-refractivity contribution in [2.24, 2.45) is 11.7 Å². The van der Waals surface area contributed by atoms with Crippen LogP contribution < -0.4 is 5.73 Å². The van der Waals surface area contributed by atoms with E-state index in [1.165, 1.54) is 10.5 Å². The summed E-state index contributed by atoms with van der Waals surface area (Å²) in [5.41, 5.74) is 7.72. The quantitative estimate of drug-likeness (QED) is 0.849. The van der Waals surface area contributed by atoms with Gasteiger partial charge in [-0.25, -0.2) is 0 Å². The molecule has 0 aliphatic carbocycles. The summed E-state index contributed by atoms with van der Waals surface area (Å²) in [5, 5.41) is 0.588. The lowest BCUT2D eigenvalue weighted by Crippen LogP contribution is -2.33. The fourth-order valence-corrected chi connectivity index (χ4v) is 3.48. The van der Waals surface area contributed by atoms with E-state index in [1.54, 1.807) is 0 Å². The van der Waals surface area contributed by atoms with Gasteiger partial charge in [0.1, 0.15) is 0 Å². The lowest BCUT2D eigenvalue weighted by molar-refractivity contribution is 0.483. The van der Waals surface area contributed by atoms with Crippen molar-refractivity contribution in [2.75, 3.05) is 0 Å². The molecule has 0 bridgehead atoms. The summed E-state index contributed by atoms with van der Waals surface area (Å²) in [6, 6.07) is 9.01. The molecule has 1 aromatic carbocycles. The van der Waals surface area contributed by atoms with E-state index in [0.717, 1.165) is 12.8 Å². The van der Waals surface area contributed by atoms with E-state index in [-0.39, 0.29) is 0 Å². The Labute approximate surface area is 96.4 Å². The van der Waals surface area contributed by atoms with Crippen molar-refractivity contribution >= 4 is 11.8 Å². The number of hydrogen-bond donors (Lipinski definition) is 1. The molecule has 1 aliphatic rings. The maximum absolute atomic E-state index is 6.24. The van der Waals surface area contributed by atoms with E-state index in [2.05, 4.69) is 38.1 Å². The Morgan fingerprint density at radius 2 is 2.13 bits per heavy atom. The third-order valence-electron chi connectivity index (χ3n) is 2.89. The van der Waals surface area contributed by atoms with Gasteiger partial charge < -0.3 is 5.73 Å². The number of thioether (sulfide) groups is 1. The first-order valence-corrected chi connectivity index (χ1v) is 6.55. The summed E-state index contributed by atoms with van der Waals surface area (Å²) >= 11 is 1.96. The molecule has 2 rings (SSSR count). The molecule has 1 aromatic rings. The first kappa shape index (κ1) is 11.0. The molecule has 0 saturated heterocycles. The second-order valence-corrected chi connectivity index (χ2v) is 6.04. The lowest BCUT2D eigenvalue weighted by atomic mass is 9.98. The molecular formula is C13H19NS. The molecule has 2 heteroatoms. The summed E-state index contributed by atoms with van der Waals surface area (Å²) in [6.45, 7) is 4.49. The highest BCUT2D eigenvalue weighted by Gasteiger charge is 2.27. The van der Waals surface area contributed by atoms with E-state index >= 15 is 0 Å². The Balaban J connectivity index is 2.00. The topological polar surface area (TPSA) is 26.0 Å². The molecule has 0 saturated carbocycles. The predicted octanol–water partition coefficient (Wildman–Crippen LogP) is 3.08. The first-order chi connectivity index (χ1) is 7.16. The molecule has 82 valence electrons. The van der Waals surface area contributed by atoms with Gasteiger partial charge in [0.15, 0.2) is 0 Å². The fourth-order valence-electron chi connectivity index (χ4n) is 2.14. The summed E-state index contributed by atoms with van der Waals surface area (Å²) in [6.07, 6.45) is 2.28. The third kappa shape index (κ3) is 2.56. The Morgan fingerprint density at radius 3 is 2.80 bits per heavy atom. The van der Waals surface area contributed by atoms with Gasteiger partial charge in [-0.3, -0.25) is 0 Å². The standard InChI is InChI=1S/C13H19NS/c1-9(2)7-11(14)13-8-10-5-3-4-6-12(10)15-13/h3-6,9,11,13H,7-8,14H2,1-2H3. The van der Waals surface area contributed by atoms with Crippen LogP contribution in [0.3, 0.4) is 0 Å². The molecule has 0 spiro atoms. The Kier molecular flexibility index (Phi) is 3.37. The number of rotatable bonds is 3. The molecule has 1 aliphatic heterocycles. The van der Waals surface area contributed by atoms with Crippen LogP contribution in [0.15, 0.2) is 29.2 Å². The average Bonchev–Trinajstić information content (AvgIpc) is 2.59. The zero-order valence-corrected chi connectivity index (χ0v) is 10.3. The second-order valence-electron chi connectivity index (χ2n) is 4.76. The van der Waals surface area contributed by atoms with E-state index in [9.17, 15) is 0 Å². The van der Waals surface area contributed by atoms with Gasteiger partial charge in [0, 0.05) is 16.2 Å². The fraction of sp³-hybridized carbons (Fsp3) is 0.538. The number of nitrogens with two attached hydrogens (primary N) is 1. The van der Waals surface area contributed by atoms with E-state index in [4.69, 9.17) is 5.73 Å². The van der Waals surface area contributed by atoms with Crippen LogP contribution in [-0.4, -0.2) is 11.3 Å². The molecule has 2 N–H and O–H groups in total. The number of fused-ring (bicyclic) bond motifs is 1. The van der Waals surface area contributed by atoms with Crippen LogP contribution in [0, 0.1) is 5.92 Å². The van der Waals surface area contributed by atoms with Gasteiger partial charge in [0.25, 0.3) is 0 Å². The van der Waals surface area contributed by atoms with Crippen LogP contribution in [0.5, 0.6) is 0 Å². The highest BCUT2D eigenvalue weighted by atomic mass is 32.2. The molecule has 0 fully saturated rings. The van der Waals surface area contributed by atoms with Crippen molar-refractivity contribution < 1.29 is 0 Å². The number of hydrogen-bond acceptors (Lipinski definition) is 2. The monoisotopic (exact) mass is 221 g/mol. The van der Waals surface area contributed by atoms with E-state index in [1.807, 2.05) is 11.8 Å². The van der Waals surface area contributed by atoms with Gasteiger partial charge >= 0.3 is 0 Å². The van der Waals surface area contributed by atoms with Crippen molar-refractivity contribution in [1.82, 2.24) is 0 Å². The van der Waals surface area contributed by atoms with E-state index < -0.39 is 0 Å². The Morgan fingerprint density at radius 1 is 1.40 bits per heavy atom. The van der Waals surface area contributed by atoms with Gasteiger partial charge in [0.2, 0.25) is 0 Å².